The van der Waals surface area contributed by atoms with Crippen molar-refractivity contribution < 1.29 is 13.5 Å². The molecule has 0 aliphatic carbocycles. The van der Waals surface area contributed by atoms with Gasteiger partial charge in [0, 0.05) is 25.5 Å². The van der Waals surface area contributed by atoms with Crippen LogP contribution in [0.25, 0.3) is 0 Å². The van der Waals surface area contributed by atoms with E-state index in [9.17, 15) is 8.78 Å². The molecule has 1 atom stereocenters. The normalized spacial score (nSPS) is 24.7. The maximum absolute atomic E-state index is 13.4. The second kappa shape index (κ2) is 4.86. The van der Waals surface area contributed by atoms with Crippen molar-refractivity contribution in [3.8, 4) is 0 Å². The Morgan fingerprint density at radius 1 is 1.54 bits per heavy atom. The highest BCUT2D eigenvalue weighted by Crippen LogP contribution is 2.33. The average molecular weight is 193 g/mol. The van der Waals surface area contributed by atoms with Crippen molar-refractivity contribution in [2.45, 2.75) is 25.2 Å². The van der Waals surface area contributed by atoms with E-state index in [2.05, 4.69) is 5.32 Å². The SMILES string of the molecule is CNCCC(F)(F)C1CCCOC1. The van der Waals surface area contributed by atoms with Gasteiger partial charge in [-0.05, 0) is 19.9 Å². The van der Waals surface area contributed by atoms with E-state index in [0.29, 0.717) is 19.6 Å². The maximum atomic E-state index is 13.4. The van der Waals surface area contributed by atoms with Gasteiger partial charge in [-0.15, -0.1) is 0 Å². The van der Waals surface area contributed by atoms with E-state index in [1.807, 2.05) is 0 Å². The Balaban J connectivity index is 2.36. The van der Waals surface area contributed by atoms with Gasteiger partial charge in [0.2, 0.25) is 0 Å². The standard InChI is InChI=1S/C9H17F2NO/c1-12-5-4-9(10,11)8-3-2-6-13-7-8/h8,12H,2-7H2,1H3. The van der Waals surface area contributed by atoms with Gasteiger partial charge in [-0.25, -0.2) is 8.78 Å². The number of hydrogen-bond donors (Lipinski definition) is 1. The molecular weight excluding hydrogens is 176 g/mol. The number of ether oxygens (including phenoxy) is 1. The highest BCUT2D eigenvalue weighted by atomic mass is 19.3. The molecule has 0 saturated carbocycles. The molecule has 0 aromatic rings. The van der Waals surface area contributed by atoms with Crippen LogP contribution in [0, 0.1) is 5.92 Å². The third-order valence-corrected chi connectivity index (χ3v) is 2.47. The van der Waals surface area contributed by atoms with Gasteiger partial charge in [-0.2, -0.15) is 0 Å². The van der Waals surface area contributed by atoms with Crippen LogP contribution in [0.15, 0.2) is 0 Å². The van der Waals surface area contributed by atoms with Crippen LogP contribution in [0.5, 0.6) is 0 Å². The van der Waals surface area contributed by atoms with E-state index in [-0.39, 0.29) is 13.0 Å². The van der Waals surface area contributed by atoms with E-state index in [4.69, 9.17) is 4.74 Å². The van der Waals surface area contributed by atoms with Gasteiger partial charge < -0.3 is 10.1 Å². The van der Waals surface area contributed by atoms with E-state index in [1.165, 1.54) is 0 Å². The topological polar surface area (TPSA) is 21.3 Å². The first-order valence-corrected chi connectivity index (χ1v) is 4.77. The molecule has 4 heteroatoms. The van der Waals surface area contributed by atoms with Crippen LogP contribution in [0.2, 0.25) is 0 Å². The van der Waals surface area contributed by atoms with E-state index in [1.54, 1.807) is 7.05 Å². The minimum Gasteiger partial charge on any atom is -0.381 e. The molecule has 0 bridgehead atoms. The minimum absolute atomic E-state index is 0.0858. The molecule has 0 aromatic heterocycles. The van der Waals surface area contributed by atoms with Crippen LogP contribution in [0.4, 0.5) is 8.78 Å². The second-order valence-electron chi connectivity index (χ2n) is 3.53. The molecule has 1 fully saturated rings. The van der Waals surface area contributed by atoms with Gasteiger partial charge in [-0.1, -0.05) is 0 Å². The van der Waals surface area contributed by atoms with E-state index in [0.717, 1.165) is 6.42 Å². The summed E-state index contributed by atoms with van der Waals surface area (Å²) in [4.78, 5) is 0. The molecule has 0 aromatic carbocycles. The summed E-state index contributed by atoms with van der Waals surface area (Å²) in [6, 6.07) is 0. The Hall–Kier alpha value is -0.220. The molecule has 2 nitrogen and oxygen atoms in total. The fourth-order valence-electron chi connectivity index (χ4n) is 1.57. The smallest absolute Gasteiger partial charge is 0.254 e. The van der Waals surface area contributed by atoms with E-state index >= 15 is 0 Å². The number of alkyl halides is 2. The Morgan fingerprint density at radius 3 is 2.85 bits per heavy atom. The first kappa shape index (κ1) is 10.9. The van der Waals surface area contributed by atoms with Crippen molar-refractivity contribution >= 4 is 0 Å². The average Bonchev–Trinajstić information content (AvgIpc) is 2.16. The molecule has 1 N–H and O–H groups in total. The molecule has 0 amide bonds. The van der Waals surface area contributed by atoms with Gasteiger partial charge >= 0.3 is 0 Å². The summed E-state index contributed by atoms with van der Waals surface area (Å²) >= 11 is 0. The predicted octanol–water partition coefficient (Wildman–Crippen LogP) is 1.66. The predicted molar refractivity (Wildman–Crippen MR) is 47.0 cm³/mol. The first-order valence-electron chi connectivity index (χ1n) is 4.77. The van der Waals surface area contributed by atoms with Crippen molar-refractivity contribution in [1.82, 2.24) is 5.32 Å². The quantitative estimate of drug-likeness (QED) is 0.733. The number of rotatable bonds is 4. The zero-order valence-electron chi connectivity index (χ0n) is 7.98. The zero-order valence-corrected chi connectivity index (χ0v) is 7.98. The van der Waals surface area contributed by atoms with Crippen molar-refractivity contribution in [3.63, 3.8) is 0 Å². The molecule has 1 unspecified atom stereocenters. The van der Waals surface area contributed by atoms with Gasteiger partial charge in [0.1, 0.15) is 0 Å². The summed E-state index contributed by atoms with van der Waals surface area (Å²) in [5, 5.41) is 2.74. The molecule has 13 heavy (non-hydrogen) atoms. The summed E-state index contributed by atoms with van der Waals surface area (Å²) < 4.78 is 31.8. The molecule has 1 saturated heterocycles. The highest BCUT2D eigenvalue weighted by Gasteiger charge is 2.39. The molecule has 1 rings (SSSR count). The summed E-state index contributed by atoms with van der Waals surface area (Å²) in [6.45, 7) is 1.22. The van der Waals surface area contributed by atoms with Crippen molar-refractivity contribution in [3.05, 3.63) is 0 Å². The lowest BCUT2D eigenvalue weighted by molar-refractivity contribution is -0.112. The van der Waals surface area contributed by atoms with Crippen LogP contribution in [-0.4, -0.2) is 32.7 Å². The zero-order chi connectivity index (χ0) is 9.73. The van der Waals surface area contributed by atoms with Gasteiger partial charge in [0.05, 0.1) is 6.61 Å². The number of hydrogen-bond acceptors (Lipinski definition) is 2. The van der Waals surface area contributed by atoms with E-state index < -0.39 is 11.8 Å². The molecule has 1 aliphatic rings. The van der Waals surface area contributed by atoms with Crippen LogP contribution in [-0.2, 0) is 4.74 Å². The molecule has 0 spiro atoms. The fourth-order valence-corrected chi connectivity index (χ4v) is 1.57. The minimum atomic E-state index is -2.57. The first-order chi connectivity index (χ1) is 6.17. The van der Waals surface area contributed by atoms with Gasteiger partial charge in [-0.3, -0.25) is 0 Å². The largest absolute Gasteiger partial charge is 0.381 e. The Bertz CT molecular complexity index is 147. The monoisotopic (exact) mass is 193 g/mol. The molecule has 1 heterocycles. The third-order valence-electron chi connectivity index (χ3n) is 2.47. The lowest BCUT2D eigenvalue weighted by atomic mass is 9.93. The number of halogens is 2. The summed E-state index contributed by atoms with van der Waals surface area (Å²) in [7, 11) is 1.69. The van der Waals surface area contributed by atoms with Crippen LogP contribution >= 0.6 is 0 Å². The highest BCUT2D eigenvalue weighted by molar-refractivity contribution is 4.79. The van der Waals surface area contributed by atoms with Crippen LogP contribution < -0.4 is 5.32 Å². The molecular formula is C9H17F2NO. The summed E-state index contributed by atoms with van der Waals surface area (Å²) in [6.07, 6.45) is 1.27. The summed E-state index contributed by atoms with van der Waals surface area (Å²) in [5.74, 6) is -3.14. The Labute approximate surface area is 77.6 Å². The fraction of sp³-hybridized carbons (Fsp3) is 1.00. The second-order valence-corrected chi connectivity index (χ2v) is 3.53. The van der Waals surface area contributed by atoms with Crippen molar-refractivity contribution in [2.24, 2.45) is 5.92 Å². The Kier molecular flexibility index (Phi) is 4.06. The van der Waals surface area contributed by atoms with Crippen molar-refractivity contribution in [1.29, 1.82) is 0 Å². The van der Waals surface area contributed by atoms with Gasteiger partial charge in [0.25, 0.3) is 5.92 Å². The molecule has 78 valence electrons. The maximum Gasteiger partial charge on any atom is 0.254 e. The Morgan fingerprint density at radius 2 is 2.31 bits per heavy atom. The molecule has 1 aliphatic heterocycles. The van der Waals surface area contributed by atoms with Crippen LogP contribution in [0.1, 0.15) is 19.3 Å². The van der Waals surface area contributed by atoms with Crippen molar-refractivity contribution in [2.75, 3.05) is 26.8 Å². The summed E-state index contributed by atoms with van der Waals surface area (Å²) in [5.41, 5.74) is 0. The van der Waals surface area contributed by atoms with Gasteiger partial charge in [0.15, 0.2) is 0 Å². The van der Waals surface area contributed by atoms with Crippen LogP contribution in [0.3, 0.4) is 0 Å². The molecule has 0 radical (unpaired) electrons. The lowest BCUT2D eigenvalue weighted by Crippen LogP contribution is -2.36. The third kappa shape index (κ3) is 3.19. The lowest BCUT2D eigenvalue weighted by Gasteiger charge is -2.29. The number of nitrogens with one attached hydrogen (secondary N) is 1.